The van der Waals surface area contributed by atoms with Gasteiger partial charge in [0.05, 0.1) is 6.54 Å². The number of rotatable bonds is 3. The Morgan fingerprint density at radius 1 is 1.50 bits per heavy atom. The first-order valence-electron chi connectivity index (χ1n) is 6.76. The number of urea groups is 1. The molecule has 0 aromatic carbocycles. The van der Waals surface area contributed by atoms with Crippen molar-refractivity contribution in [3.05, 3.63) is 16.1 Å². The van der Waals surface area contributed by atoms with E-state index in [9.17, 15) is 14.7 Å². The van der Waals surface area contributed by atoms with Crippen LogP contribution in [0.3, 0.4) is 0 Å². The number of hydrogen-bond donors (Lipinski definition) is 2. The summed E-state index contributed by atoms with van der Waals surface area (Å²) in [5, 5.41) is 14.8. The monoisotopic (exact) mass is 297 g/mol. The molecule has 2 heterocycles. The Morgan fingerprint density at radius 3 is 2.95 bits per heavy atom. The Hall–Kier alpha value is -1.63. The number of carbonyl (C=O) groups excluding carboxylic acids is 1. The first-order valence-corrected chi connectivity index (χ1v) is 7.64. The maximum Gasteiger partial charge on any atom is 0.326 e. The molecule has 6 nitrogen and oxygen atoms in total. The van der Waals surface area contributed by atoms with Crippen molar-refractivity contribution in [2.45, 2.75) is 45.2 Å². The van der Waals surface area contributed by atoms with E-state index in [2.05, 4.69) is 10.3 Å². The van der Waals surface area contributed by atoms with E-state index in [4.69, 9.17) is 0 Å². The van der Waals surface area contributed by atoms with E-state index in [0.29, 0.717) is 19.5 Å². The van der Waals surface area contributed by atoms with Crippen molar-refractivity contribution >= 4 is 23.3 Å². The molecule has 1 aliphatic rings. The van der Waals surface area contributed by atoms with Crippen LogP contribution in [0.25, 0.3) is 0 Å². The Kier molecular flexibility index (Phi) is 4.94. The fourth-order valence-corrected chi connectivity index (χ4v) is 3.06. The van der Waals surface area contributed by atoms with Crippen LogP contribution in [0.1, 0.15) is 36.4 Å². The molecule has 2 rings (SSSR count). The molecule has 2 N–H and O–H groups in total. The minimum atomic E-state index is -0.924. The van der Waals surface area contributed by atoms with Gasteiger partial charge in [-0.15, -0.1) is 11.3 Å². The van der Waals surface area contributed by atoms with Crippen LogP contribution in [0.5, 0.6) is 0 Å². The van der Waals surface area contributed by atoms with Crippen molar-refractivity contribution in [2.75, 3.05) is 6.54 Å². The molecule has 7 heteroatoms. The molecule has 1 fully saturated rings. The van der Waals surface area contributed by atoms with Crippen molar-refractivity contribution in [3.63, 3.8) is 0 Å². The van der Waals surface area contributed by atoms with Crippen LogP contribution in [0.4, 0.5) is 4.79 Å². The summed E-state index contributed by atoms with van der Waals surface area (Å²) in [7, 11) is 0. The van der Waals surface area contributed by atoms with Crippen molar-refractivity contribution < 1.29 is 14.7 Å². The first-order chi connectivity index (χ1) is 9.58. The molecule has 1 atom stereocenters. The van der Waals surface area contributed by atoms with Crippen LogP contribution in [-0.2, 0) is 11.3 Å². The number of carbonyl (C=O) groups is 2. The molecule has 1 unspecified atom stereocenters. The molecule has 1 saturated heterocycles. The molecule has 0 bridgehead atoms. The lowest BCUT2D eigenvalue weighted by atomic mass is 10.1. The van der Waals surface area contributed by atoms with E-state index in [-0.39, 0.29) is 6.03 Å². The largest absolute Gasteiger partial charge is 0.480 e. The minimum absolute atomic E-state index is 0.313. The van der Waals surface area contributed by atoms with Gasteiger partial charge >= 0.3 is 12.0 Å². The number of carboxylic acid groups (broad SMARTS) is 1. The molecule has 0 spiro atoms. The SMILES string of the molecule is Cc1csc(CNC(=O)N2CCCCCC2C(=O)O)n1. The molecule has 0 saturated carbocycles. The third kappa shape index (κ3) is 3.69. The normalized spacial score (nSPS) is 19.4. The molecule has 20 heavy (non-hydrogen) atoms. The number of aromatic nitrogens is 1. The van der Waals surface area contributed by atoms with E-state index >= 15 is 0 Å². The predicted octanol–water partition coefficient (Wildman–Crippen LogP) is 1.99. The highest BCUT2D eigenvalue weighted by molar-refractivity contribution is 7.09. The second-order valence-corrected chi connectivity index (χ2v) is 5.88. The highest BCUT2D eigenvalue weighted by Gasteiger charge is 2.30. The summed E-state index contributed by atoms with van der Waals surface area (Å²) in [6, 6.07) is -1.03. The Balaban J connectivity index is 1.96. The van der Waals surface area contributed by atoms with E-state index in [1.807, 2.05) is 12.3 Å². The molecular formula is C13H19N3O3S. The molecular weight excluding hydrogens is 278 g/mol. The summed E-state index contributed by atoms with van der Waals surface area (Å²) in [6.07, 6.45) is 3.21. The fourth-order valence-electron chi connectivity index (χ4n) is 2.34. The zero-order chi connectivity index (χ0) is 14.5. The van der Waals surface area contributed by atoms with Crippen LogP contribution >= 0.6 is 11.3 Å². The van der Waals surface area contributed by atoms with Crippen molar-refractivity contribution in [2.24, 2.45) is 0 Å². The number of thiazole rings is 1. The van der Waals surface area contributed by atoms with Gasteiger partial charge < -0.3 is 15.3 Å². The number of aliphatic carboxylic acids is 1. The smallest absolute Gasteiger partial charge is 0.326 e. The van der Waals surface area contributed by atoms with Gasteiger partial charge in [-0.25, -0.2) is 14.6 Å². The average Bonchev–Trinajstić information content (AvgIpc) is 2.68. The van der Waals surface area contributed by atoms with Gasteiger partial charge in [-0.3, -0.25) is 0 Å². The number of likely N-dealkylation sites (tertiary alicyclic amines) is 1. The second kappa shape index (κ2) is 6.69. The maximum atomic E-state index is 12.2. The number of nitrogens with zero attached hydrogens (tertiary/aromatic N) is 2. The zero-order valence-corrected chi connectivity index (χ0v) is 12.3. The molecule has 0 aliphatic carbocycles. The van der Waals surface area contributed by atoms with Gasteiger partial charge in [-0.05, 0) is 19.8 Å². The van der Waals surface area contributed by atoms with Crippen LogP contribution in [0, 0.1) is 6.92 Å². The van der Waals surface area contributed by atoms with Gasteiger partial charge in [0.2, 0.25) is 0 Å². The van der Waals surface area contributed by atoms with Gasteiger partial charge in [0.25, 0.3) is 0 Å². The molecule has 2 amide bonds. The summed E-state index contributed by atoms with van der Waals surface area (Å²) < 4.78 is 0. The van der Waals surface area contributed by atoms with Crippen molar-refractivity contribution in [1.29, 1.82) is 0 Å². The van der Waals surface area contributed by atoms with Crippen LogP contribution in [0.15, 0.2) is 5.38 Å². The second-order valence-electron chi connectivity index (χ2n) is 4.94. The van der Waals surface area contributed by atoms with Gasteiger partial charge in [-0.2, -0.15) is 0 Å². The lowest BCUT2D eigenvalue weighted by Crippen LogP contribution is -2.49. The fraction of sp³-hybridized carbons (Fsp3) is 0.615. The highest BCUT2D eigenvalue weighted by Crippen LogP contribution is 2.17. The lowest BCUT2D eigenvalue weighted by molar-refractivity contribution is -0.142. The van der Waals surface area contributed by atoms with E-state index in [1.54, 1.807) is 0 Å². The van der Waals surface area contributed by atoms with Gasteiger partial charge in [-0.1, -0.05) is 12.8 Å². The Labute approximate surface area is 121 Å². The maximum absolute atomic E-state index is 12.2. The van der Waals surface area contributed by atoms with Crippen LogP contribution in [-0.4, -0.2) is 39.6 Å². The highest BCUT2D eigenvalue weighted by atomic mass is 32.1. The third-order valence-electron chi connectivity index (χ3n) is 3.36. The number of amides is 2. The Bertz CT molecular complexity index is 489. The molecule has 1 aromatic rings. The summed E-state index contributed by atoms with van der Waals surface area (Å²) in [5.41, 5.74) is 0.928. The summed E-state index contributed by atoms with van der Waals surface area (Å²) in [4.78, 5) is 29.2. The summed E-state index contributed by atoms with van der Waals surface area (Å²) in [6.45, 7) is 2.75. The van der Waals surface area contributed by atoms with Gasteiger partial charge in [0.15, 0.2) is 0 Å². The standard InChI is InChI=1S/C13H19N3O3S/c1-9-8-20-11(15-9)7-14-13(19)16-6-4-2-3-5-10(16)12(17)18/h8,10H,2-7H2,1H3,(H,14,19)(H,17,18). The molecule has 1 aromatic heterocycles. The van der Waals surface area contributed by atoms with E-state index in [1.165, 1.54) is 16.2 Å². The average molecular weight is 297 g/mol. The van der Waals surface area contributed by atoms with Crippen LogP contribution < -0.4 is 5.32 Å². The first kappa shape index (κ1) is 14.8. The topological polar surface area (TPSA) is 82.5 Å². The van der Waals surface area contributed by atoms with Gasteiger partial charge in [0, 0.05) is 17.6 Å². The summed E-state index contributed by atoms with van der Waals surface area (Å²) >= 11 is 1.49. The molecule has 110 valence electrons. The van der Waals surface area contributed by atoms with E-state index in [0.717, 1.165) is 30.0 Å². The molecule has 0 radical (unpaired) electrons. The van der Waals surface area contributed by atoms with Crippen LogP contribution in [0.2, 0.25) is 0 Å². The van der Waals surface area contributed by atoms with E-state index < -0.39 is 12.0 Å². The predicted molar refractivity (Wildman–Crippen MR) is 75.7 cm³/mol. The summed E-state index contributed by atoms with van der Waals surface area (Å²) in [5.74, 6) is -0.924. The molecule has 1 aliphatic heterocycles. The number of nitrogens with one attached hydrogen (secondary N) is 1. The number of carboxylic acids is 1. The number of hydrogen-bond acceptors (Lipinski definition) is 4. The lowest BCUT2D eigenvalue weighted by Gasteiger charge is -2.26. The van der Waals surface area contributed by atoms with Gasteiger partial charge in [0.1, 0.15) is 11.0 Å². The Morgan fingerprint density at radius 2 is 2.30 bits per heavy atom. The van der Waals surface area contributed by atoms with Crippen molar-refractivity contribution in [1.82, 2.24) is 15.2 Å². The quantitative estimate of drug-likeness (QED) is 0.894. The minimum Gasteiger partial charge on any atom is -0.480 e. The van der Waals surface area contributed by atoms with Crippen molar-refractivity contribution in [3.8, 4) is 0 Å². The zero-order valence-electron chi connectivity index (χ0n) is 11.5. The number of aryl methyl sites for hydroxylation is 1. The third-order valence-corrected chi connectivity index (χ3v) is 4.32.